The number of hydrogen-bond acceptors (Lipinski definition) is 4. The predicted molar refractivity (Wildman–Crippen MR) is 76.8 cm³/mol. The van der Waals surface area contributed by atoms with Gasteiger partial charge in [0.2, 0.25) is 0 Å². The minimum atomic E-state index is -0.422. The number of amides is 2. The van der Waals surface area contributed by atoms with E-state index in [9.17, 15) is 9.59 Å². The molecule has 1 aromatic carbocycles. The molecule has 20 heavy (non-hydrogen) atoms. The molecule has 0 bridgehead atoms. The number of carbonyl (C=O) groups is 2. The molecule has 0 fully saturated rings. The average Bonchev–Trinajstić information content (AvgIpc) is 2.68. The van der Waals surface area contributed by atoms with Gasteiger partial charge >= 0.3 is 0 Å². The molecular weight excluding hydrogens is 278 g/mol. The molecule has 6 heteroatoms. The molecule has 2 N–H and O–H groups in total. The third-order valence-corrected chi connectivity index (χ3v) is 3.82. The van der Waals surface area contributed by atoms with Crippen molar-refractivity contribution in [3.05, 3.63) is 39.7 Å². The quantitative estimate of drug-likeness (QED) is 0.638. The molecule has 3 rings (SSSR count). The van der Waals surface area contributed by atoms with Gasteiger partial charge in [-0.1, -0.05) is 11.6 Å². The van der Waals surface area contributed by atoms with Gasteiger partial charge in [-0.05, 0) is 31.9 Å². The Morgan fingerprint density at radius 2 is 1.95 bits per heavy atom. The normalized spacial score (nSPS) is 18.0. The van der Waals surface area contributed by atoms with Gasteiger partial charge in [0.15, 0.2) is 0 Å². The zero-order chi connectivity index (χ0) is 14.4. The molecular formula is C14H12ClN3O2. The van der Waals surface area contributed by atoms with Gasteiger partial charge in [-0.2, -0.15) is 0 Å². The van der Waals surface area contributed by atoms with Crippen molar-refractivity contribution < 1.29 is 9.59 Å². The van der Waals surface area contributed by atoms with E-state index in [1.165, 1.54) is 12.1 Å². The number of benzene rings is 1. The molecule has 2 heterocycles. The Morgan fingerprint density at radius 3 is 2.60 bits per heavy atom. The molecule has 0 radical (unpaired) electrons. The van der Waals surface area contributed by atoms with E-state index in [0.29, 0.717) is 24.2 Å². The third-order valence-electron chi connectivity index (χ3n) is 3.50. The molecule has 0 saturated carbocycles. The zero-order valence-corrected chi connectivity index (χ0v) is 11.6. The number of fused-ring (bicyclic) bond motifs is 1. The summed E-state index contributed by atoms with van der Waals surface area (Å²) < 4.78 is 0. The van der Waals surface area contributed by atoms with Gasteiger partial charge in [0.1, 0.15) is 0 Å². The highest BCUT2D eigenvalue weighted by molar-refractivity contribution is 6.38. The Balaban J connectivity index is 2.18. The highest BCUT2D eigenvalue weighted by Crippen LogP contribution is 2.37. The summed E-state index contributed by atoms with van der Waals surface area (Å²) >= 11 is 6.04. The number of hydrogen-bond donors (Lipinski definition) is 1. The Labute approximate surface area is 120 Å². The standard InChI is InChI=1S/C14H12ClN3O2/c1-7-10(3-2-6-17-7)18-13(19)11-8(15)4-5-9(16)12(11)14(18)20/h4-6H,2-3,16H2,1H3. The van der Waals surface area contributed by atoms with Crippen molar-refractivity contribution in [2.75, 3.05) is 5.73 Å². The number of rotatable bonds is 1. The second-order valence-corrected chi connectivity index (χ2v) is 5.12. The van der Waals surface area contributed by atoms with Gasteiger partial charge in [-0.25, -0.2) is 4.90 Å². The summed E-state index contributed by atoms with van der Waals surface area (Å²) in [6, 6.07) is 3.07. The number of nitrogen functional groups attached to an aromatic ring is 1. The molecule has 0 spiro atoms. The molecule has 0 aliphatic carbocycles. The van der Waals surface area contributed by atoms with Crippen molar-refractivity contribution in [1.82, 2.24) is 4.90 Å². The number of nitrogens with two attached hydrogens (primary N) is 1. The van der Waals surface area contributed by atoms with Crippen LogP contribution in [-0.2, 0) is 0 Å². The second-order valence-electron chi connectivity index (χ2n) is 4.71. The van der Waals surface area contributed by atoms with Gasteiger partial charge in [0.05, 0.1) is 27.5 Å². The maximum absolute atomic E-state index is 12.5. The predicted octanol–water partition coefficient (Wildman–Crippen LogP) is 2.61. The van der Waals surface area contributed by atoms with Crippen molar-refractivity contribution in [3.8, 4) is 0 Å². The summed E-state index contributed by atoms with van der Waals surface area (Å²) in [5, 5.41) is 0.243. The fourth-order valence-corrected chi connectivity index (χ4v) is 2.76. The van der Waals surface area contributed by atoms with Crippen LogP contribution in [0.2, 0.25) is 5.02 Å². The molecule has 0 saturated heterocycles. The molecule has 0 atom stereocenters. The zero-order valence-electron chi connectivity index (χ0n) is 10.8. The van der Waals surface area contributed by atoms with E-state index >= 15 is 0 Å². The van der Waals surface area contributed by atoms with Crippen LogP contribution in [0.3, 0.4) is 0 Å². The average molecular weight is 290 g/mol. The van der Waals surface area contributed by atoms with Crippen molar-refractivity contribution in [3.63, 3.8) is 0 Å². The summed E-state index contributed by atoms with van der Waals surface area (Å²) in [7, 11) is 0. The van der Waals surface area contributed by atoms with Crippen molar-refractivity contribution in [2.45, 2.75) is 19.8 Å². The second kappa shape index (κ2) is 4.45. The highest BCUT2D eigenvalue weighted by Gasteiger charge is 2.41. The topological polar surface area (TPSA) is 75.8 Å². The van der Waals surface area contributed by atoms with Crippen molar-refractivity contribution in [1.29, 1.82) is 0 Å². The Bertz CT molecular complexity index is 666. The minimum absolute atomic E-state index is 0.187. The monoisotopic (exact) mass is 289 g/mol. The van der Waals surface area contributed by atoms with E-state index < -0.39 is 11.8 Å². The number of allylic oxidation sites excluding steroid dienone is 2. The first-order valence-corrected chi connectivity index (χ1v) is 6.59. The van der Waals surface area contributed by atoms with E-state index in [-0.39, 0.29) is 21.8 Å². The lowest BCUT2D eigenvalue weighted by Gasteiger charge is -2.21. The van der Waals surface area contributed by atoms with Crippen molar-refractivity contribution in [2.24, 2.45) is 4.99 Å². The number of carbonyl (C=O) groups excluding carboxylic acids is 2. The summed E-state index contributed by atoms with van der Waals surface area (Å²) in [6.07, 6.45) is 3.07. The van der Waals surface area contributed by atoms with Crippen LogP contribution < -0.4 is 5.73 Å². The number of imide groups is 1. The maximum Gasteiger partial charge on any atom is 0.268 e. The van der Waals surface area contributed by atoms with Crippen LogP contribution in [0.1, 0.15) is 40.5 Å². The van der Waals surface area contributed by atoms with Gasteiger partial charge in [0, 0.05) is 11.9 Å². The number of nitrogens with zero attached hydrogens (tertiary/aromatic N) is 2. The van der Waals surface area contributed by atoms with Gasteiger partial charge in [-0.3, -0.25) is 14.6 Å². The fraction of sp³-hybridized carbons (Fsp3) is 0.214. The first-order valence-electron chi connectivity index (χ1n) is 6.21. The van der Waals surface area contributed by atoms with E-state index in [1.54, 1.807) is 13.1 Å². The van der Waals surface area contributed by atoms with Gasteiger partial charge < -0.3 is 5.73 Å². The minimum Gasteiger partial charge on any atom is -0.398 e. The van der Waals surface area contributed by atoms with E-state index in [2.05, 4.69) is 4.99 Å². The summed E-state index contributed by atoms with van der Waals surface area (Å²) in [6.45, 7) is 1.78. The first-order chi connectivity index (χ1) is 9.52. The highest BCUT2D eigenvalue weighted by atomic mass is 35.5. The lowest BCUT2D eigenvalue weighted by molar-refractivity contribution is 0.0697. The maximum atomic E-state index is 12.5. The van der Waals surface area contributed by atoms with Crippen LogP contribution in [0.5, 0.6) is 0 Å². The largest absolute Gasteiger partial charge is 0.398 e. The van der Waals surface area contributed by atoms with Crippen LogP contribution in [-0.4, -0.2) is 22.9 Å². The fourth-order valence-electron chi connectivity index (χ4n) is 2.53. The van der Waals surface area contributed by atoms with E-state index in [4.69, 9.17) is 17.3 Å². The Hall–Kier alpha value is -2.14. The summed E-state index contributed by atoms with van der Waals surface area (Å²) in [5.74, 6) is -0.842. The van der Waals surface area contributed by atoms with Crippen molar-refractivity contribution >= 4 is 35.3 Å². The molecule has 0 unspecified atom stereocenters. The molecule has 2 amide bonds. The molecule has 102 valence electrons. The van der Waals surface area contributed by atoms with Crippen LogP contribution in [0.25, 0.3) is 0 Å². The lowest BCUT2D eigenvalue weighted by atomic mass is 10.1. The third kappa shape index (κ3) is 1.67. The number of aliphatic imine (C=N–C) groups is 1. The van der Waals surface area contributed by atoms with E-state index in [0.717, 1.165) is 4.90 Å². The van der Waals surface area contributed by atoms with Gasteiger partial charge in [-0.15, -0.1) is 0 Å². The van der Waals surface area contributed by atoms with Gasteiger partial charge in [0.25, 0.3) is 11.8 Å². The summed E-state index contributed by atoms with van der Waals surface area (Å²) in [4.78, 5) is 30.3. The Morgan fingerprint density at radius 1 is 1.25 bits per heavy atom. The first kappa shape index (κ1) is 12.9. The Kier molecular flexibility index (Phi) is 2.87. The number of anilines is 1. The SMILES string of the molecule is CC1=C(N2C(=O)c3c(N)ccc(Cl)c3C2=O)CCC=N1. The molecule has 2 aliphatic rings. The lowest BCUT2D eigenvalue weighted by Crippen LogP contribution is -2.30. The van der Waals surface area contributed by atoms with Crippen LogP contribution in [0.15, 0.2) is 28.5 Å². The smallest absolute Gasteiger partial charge is 0.268 e. The van der Waals surface area contributed by atoms with E-state index in [1.807, 2.05) is 0 Å². The summed E-state index contributed by atoms with van der Waals surface area (Å²) in [5.41, 5.74) is 7.75. The number of halogens is 1. The van der Waals surface area contributed by atoms with Crippen LogP contribution >= 0.6 is 11.6 Å². The molecule has 5 nitrogen and oxygen atoms in total. The molecule has 1 aromatic rings. The van der Waals surface area contributed by atoms with Crippen LogP contribution in [0, 0.1) is 0 Å². The molecule has 2 aliphatic heterocycles. The van der Waals surface area contributed by atoms with Crippen LogP contribution in [0.4, 0.5) is 5.69 Å². The molecule has 0 aromatic heterocycles.